The Hall–Kier alpha value is -1.60. The van der Waals surface area contributed by atoms with E-state index < -0.39 is 0 Å². The molecule has 2 N–H and O–H groups in total. The van der Waals surface area contributed by atoms with E-state index in [0.717, 1.165) is 19.6 Å². The molecule has 7 heteroatoms. The van der Waals surface area contributed by atoms with Gasteiger partial charge in [0, 0.05) is 31.4 Å². The first-order chi connectivity index (χ1) is 12.8. The van der Waals surface area contributed by atoms with Crippen LogP contribution in [0, 0.1) is 17.7 Å². The van der Waals surface area contributed by atoms with E-state index in [1.165, 1.54) is 42.4 Å². The summed E-state index contributed by atoms with van der Waals surface area (Å²) in [6.07, 6.45) is 1.27. The predicted octanol–water partition coefficient (Wildman–Crippen LogP) is 2.98. The molecule has 0 spiro atoms. The van der Waals surface area contributed by atoms with E-state index >= 15 is 0 Å². The lowest BCUT2D eigenvalue weighted by Crippen LogP contribution is -2.47. The van der Waals surface area contributed by atoms with Crippen LogP contribution >= 0.6 is 11.8 Å². The fraction of sp³-hybridized carbons (Fsp3) is 0.600. The van der Waals surface area contributed by atoms with Gasteiger partial charge >= 0.3 is 0 Å². The standard InChI is InChI=1S/C20H30FN3O2S/c1-14-8-15(2)10-24(9-14)11-16(3)22-19(25)12-27-13-20(26)23-18-6-4-17(21)5-7-18/h4-7,14-16H,8-13H2,1-3H3,(H,22,25)(H,23,26). The summed E-state index contributed by atoms with van der Waals surface area (Å²) in [5.74, 6) is 1.22. The van der Waals surface area contributed by atoms with Crippen molar-refractivity contribution in [1.82, 2.24) is 10.2 Å². The number of thioether (sulfide) groups is 1. The number of likely N-dealkylation sites (tertiary alicyclic amines) is 1. The van der Waals surface area contributed by atoms with Crippen molar-refractivity contribution in [3.05, 3.63) is 30.1 Å². The molecule has 5 nitrogen and oxygen atoms in total. The number of carbonyl (C=O) groups is 2. The Balaban J connectivity index is 1.62. The summed E-state index contributed by atoms with van der Waals surface area (Å²) in [5, 5.41) is 5.69. The fourth-order valence-corrected chi connectivity index (χ4v) is 4.29. The highest BCUT2D eigenvalue weighted by molar-refractivity contribution is 8.00. The SMILES string of the molecule is CC1CC(C)CN(CC(C)NC(=O)CSCC(=O)Nc2ccc(F)cc2)C1. The van der Waals surface area contributed by atoms with Crippen LogP contribution in [-0.2, 0) is 9.59 Å². The lowest BCUT2D eigenvalue weighted by Gasteiger charge is -2.36. The summed E-state index contributed by atoms with van der Waals surface area (Å²) in [6.45, 7) is 9.61. The maximum atomic E-state index is 12.8. The average Bonchev–Trinajstić information content (AvgIpc) is 2.55. The van der Waals surface area contributed by atoms with Gasteiger partial charge in [-0.1, -0.05) is 13.8 Å². The van der Waals surface area contributed by atoms with Gasteiger partial charge in [-0.2, -0.15) is 0 Å². The van der Waals surface area contributed by atoms with E-state index in [0.29, 0.717) is 17.5 Å². The number of nitrogens with one attached hydrogen (secondary N) is 2. The highest BCUT2D eigenvalue weighted by Crippen LogP contribution is 2.20. The smallest absolute Gasteiger partial charge is 0.234 e. The van der Waals surface area contributed by atoms with Crippen molar-refractivity contribution < 1.29 is 14.0 Å². The molecular weight excluding hydrogens is 365 g/mol. The summed E-state index contributed by atoms with van der Waals surface area (Å²) in [4.78, 5) is 26.4. The van der Waals surface area contributed by atoms with Gasteiger partial charge in [0.2, 0.25) is 11.8 Å². The van der Waals surface area contributed by atoms with Crippen molar-refractivity contribution in [3.8, 4) is 0 Å². The summed E-state index contributed by atoms with van der Waals surface area (Å²) in [5.41, 5.74) is 0.546. The lowest BCUT2D eigenvalue weighted by atomic mass is 9.92. The second-order valence-corrected chi connectivity index (χ2v) is 8.67. The van der Waals surface area contributed by atoms with Gasteiger partial charge < -0.3 is 15.5 Å². The summed E-state index contributed by atoms with van der Waals surface area (Å²) in [6, 6.07) is 5.69. The van der Waals surface area contributed by atoms with Gasteiger partial charge in [0.1, 0.15) is 5.82 Å². The van der Waals surface area contributed by atoms with Gasteiger partial charge in [-0.3, -0.25) is 9.59 Å². The third-order valence-corrected chi connectivity index (χ3v) is 5.41. The number of hydrogen-bond donors (Lipinski definition) is 2. The first-order valence-electron chi connectivity index (χ1n) is 9.46. The van der Waals surface area contributed by atoms with Crippen LogP contribution in [0.15, 0.2) is 24.3 Å². The average molecular weight is 396 g/mol. The van der Waals surface area contributed by atoms with Gasteiger partial charge in [-0.15, -0.1) is 11.8 Å². The van der Waals surface area contributed by atoms with Gasteiger partial charge in [-0.25, -0.2) is 4.39 Å². The molecule has 1 aliphatic rings. The Morgan fingerprint density at radius 3 is 2.37 bits per heavy atom. The minimum Gasteiger partial charge on any atom is -0.352 e. The van der Waals surface area contributed by atoms with Crippen LogP contribution in [0.2, 0.25) is 0 Å². The molecule has 2 rings (SSSR count). The van der Waals surface area contributed by atoms with Crippen LogP contribution in [0.25, 0.3) is 0 Å². The number of anilines is 1. The van der Waals surface area contributed by atoms with Crippen molar-refractivity contribution in [2.75, 3.05) is 36.5 Å². The highest BCUT2D eigenvalue weighted by atomic mass is 32.2. The predicted molar refractivity (Wildman–Crippen MR) is 109 cm³/mol. The molecule has 1 heterocycles. The van der Waals surface area contributed by atoms with Gasteiger partial charge in [0.25, 0.3) is 0 Å². The molecule has 2 amide bonds. The molecule has 0 aliphatic carbocycles. The molecule has 3 unspecified atom stereocenters. The van der Waals surface area contributed by atoms with Crippen molar-refractivity contribution in [3.63, 3.8) is 0 Å². The van der Waals surface area contributed by atoms with Crippen LogP contribution in [0.5, 0.6) is 0 Å². The lowest BCUT2D eigenvalue weighted by molar-refractivity contribution is -0.119. The third kappa shape index (κ3) is 8.30. The molecular formula is C20H30FN3O2S. The monoisotopic (exact) mass is 395 g/mol. The van der Waals surface area contributed by atoms with Crippen LogP contribution in [0.1, 0.15) is 27.2 Å². The Bertz CT molecular complexity index is 616. The molecule has 1 aliphatic heterocycles. The van der Waals surface area contributed by atoms with Gasteiger partial charge in [0.15, 0.2) is 0 Å². The van der Waals surface area contributed by atoms with Crippen molar-refractivity contribution >= 4 is 29.3 Å². The quantitative estimate of drug-likeness (QED) is 0.710. The van der Waals surface area contributed by atoms with E-state index in [2.05, 4.69) is 29.4 Å². The van der Waals surface area contributed by atoms with Crippen LogP contribution < -0.4 is 10.6 Å². The van der Waals surface area contributed by atoms with E-state index in [1.54, 1.807) is 0 Å². The molecule has 150 valence electrons. The molecule has 0 radical (unpaired) electrons. The second kappa shape index (κ2) is 10.7. The number of nitrogens with zero attached hydrogens (tertiary/aromatic N) is 1. The molecule has 3 atom stereocenters. The first-order valence-corrected chi connectivity index (χ1v) is 10.6. The van der Waals surface area contributed by atoms with Crippen molar-refractivity contribution in [2.45, 2.75) is 33.2 Å². The normalized spacial score (nSPS) is 21.5. The first kappa shape index (κ1) is 21.7. The number of benzene rings is 1. The van der Waals surface area contributed by atoms with Crippen molar-refractivity contribution in [1.29, 1.82) is 0 Å². The van der Waals surface area contributed by atoms with Crippen LogP contribution in [0.4, 0.5) is 10.1 Å². The van der Waals surface area contributed by atoms with Gasteiger partial charge in [0.05, 0.1) is 11.5 Å². The second-order valence-electron chi connectivity index (χ2n) is 7.68. The number of carbonyl (C=O) groups excluding carboxylic acids is 2. The molecule has 27 heavy (non-hydrogen) atoms. The summed E-state index contributed by atoms with van der Waals surface area (Å²) < 4.78 is 12.8. The zero-order chi connectivity index (χ0) is 19.8. The van der Waals surface area contributed by atoms with Gasteiger partial charge in [-0.05, 0) is 49.4 Å². The Morgan fingerprint density at radius 2 is 1.74 bits per heavy atom. The van der Waals surface area contributed by atoms with E-state index in [9.17, 15) is 14.0 Å². The Labute approximate surface area is 165 Å². The number of hydrogen-bond acceptors (Lipinski definition) is 4. The maximum Gasteiger partial charge on any atom is 0.234 e. The topological polar surface area (TPSA) is 61.4 Å². The highest BCUT2D eigenvalue weighted by Gasteiger charge is 2.23. The molecule has 1 fully saturated rings. The Morgan fingerprint density at radius 1 is 1.15 bits per heavy atom. The largest absolute Gasteiger partial charge is 0.352 e. The van der Waals surface area contributed by atoms with Crippen molar-refractivity contribution in [2.24, 2.45) is 11.8 Å². The zero-order valence-corrected chi connectivity index (χ0v) is 17.2. The third-order valence-electron chi connectivity index (χ3n) is 4.48. The summed E-state index contributed by atoms with van der Waals surface area (Å²) >= 11 is 1.27. The Kier molecular flexibility index (Phi) is 8.57. The van der Waals surface area contributed by atoms with E-state index in [-0.39, 0.29) is 35.2 Å². The maximum absolute atomic E-state index is 12.8. The minimum absolute atomic E-state index is 0.0554. The van der Waals surface area contributed by atoms with E-state index in [1.807, 2.05) is 6.92 Å². The zero-order valence-electron chi connectivity index (χ0n) is 16.3. The number of halogens is 1. The molecule has 1 aromatic carbocycles. The molecule has 1 saturated heterocycles. The number of piperidine rings is 1. The number of rotatable bonds is 8. The van der Waals surface area contributed by atoms with Crippen LogP contribution in [-0.4, -0.2) is 53.9 Å². The molecule has 1 aromatic rings. The van der Waals surface area contributed by atoms with Crippen LogP contribution in [0.3, 0.4) is 0 Å². The fourth-order valence-electron chi connectivity index (χ4n) is 3.66. The summed E-state index contributed by atoms with van der Waals surface area (Å²) in [7, 11) is 0. The molecule has 0 aromatic heterocycles. The molecule has 0 saturated carbocycles. The minimum atomic E-state index is -0.346. The number of amides is 2. The molecule has 0 bridgehead atoms. The van der Waals surface area contributed by atoms with E-state index in [4.69, 9.17) is 0 Å².